The van der Waals surface area contributed by atoms with E-state index in [1.54, 1.807) is 6.92 Å². The van der Waals surface area contributed by atoms with Crippen LogP contribution in [0.4, 0.5) is 0 Å². The molecular formula is C9H12N2O2. The van der Waals surface area contributed by atoms with Gasteiger partial charge in [0.05, 0.1) is 12.7 Å². The summed E-state index contributed by atoms with van der Waals surface area (Å²) in [6.07, 6.45) is 2.89. The molecule has 1 atom stereocenters. The van der Waals surface area contributed by atoms with Crippen LogP contribution in [0.25, 0.3) is 0 Å². The average molecular weight is 180 g/mol. The molecule has 0 bridgehead atoms. The third kappa shape index (κ3) is 2.48. The number of nitrogens with zero attached hydrogens (tertiary/aromatic N) is 1. The molecule has 0 saturated carbocycles. The van der Waals surface area contributed by atoms with E-state index in [0.29, 0.717) is 13.0 Å². The summed E-state index contributed by atoms with van der Waals surface area (Å²) in [4.78, 5) is 11.2. The average Bonchev–Trinajstić information content (AvgIpc) is 2.54. The number of esters is 1. The van der Waals surface area contributed by atoms with Crippen molar-refractivity contribution in [1.82, 2.24) is 5.32 Å². The Kier molecular flexibility index (Phi) is 3.32. The molecule has 0 aliphatic carbocycles. The maximum absolute atomic E-state index is 11.2. The summed E-state index contributed by atoms with van der Waals surface area (Å²) in [6, 6.07) is 1.66. The highest BCUT2D eigenvalue weighted by molar-refractivity contribution is 5.76. The van der Waals surface area contributed by atoms with Gasteiger partial charge in [-0.3, -0.25) is 0 Å². The van der Waals surface area contributed by atoms with Crippen LogP contribution in [0.1, 0.15) is 19.8 Å². The van der Waals surface area contributed by atoms with Gasteiger partial charge in [0.15, 0.2) is 0 Å². The van der Waals surface area contributed by atoms with Gasteiger partial charge in [-0.15, -0.1) is 0 Å². The second kappa shape index (κ2) is 4.51. The molecule has 1 aliphatic rings. The van der Waals surface area contributed by atoms with Gasteiger partial charge >= 0.3 is 5.97 Å². The minimum absolute atomic E-state index is 0.233. The lowest BCUT2D eigenvalue weighted by Gasteiger charge is -2.08. The maximum Gasteiger partial charge on any atom is 0.328 e. The number of carbonyl (C=O) groups is 1. The topological polar surface area (TPSA) is 62.1 Å². The molecule has 4 heteroatoms. The standard InChI is InChI=1S/C9H12N2O2/c1-2-13-9(12)8-4-3-7(11-8)5-6-10/h5,8,11H,2-4H2,1H3/t8-/m0/s1. The third-order valence-corrected chi connectivity index (χ3v) is 1.87. The Morgan fingerprint density at radius 1 is 1.92 bits per heavy atom. The third-order valence-electron chi connectivity index (χ3n) is 1.87. The maximum atomic E-state index is 11.2. The van der Waals surface area contributed by atoms with Gasteiger partial charge in [0.1, 0.15) is 6.04 Å². The highest BCUT2D eigenvalue weighted by atomic mass is 16.5. The van der Waals surface area contributed by atoms with Crippen LogP contribution in [0, 0.1) is 11.3 Å². The molecule has 1 N–H and O–H groups in total. The Morgan fingerprint density at radius 3 is 3.31 bits per heavy atom. The fourth-order valence-corrected chi connectivity index (χ4v) is 1.28. The largest absolute Gasteiger partial charge is 0.464 e. The van der Waals surface area contributed by atoms with E-state index in [-0.39, 0.29) is 12.0 Å². The molecule has 0 unspecified atom stereocenters. The number of nitriles is 1. The van der Waals surface area contributed by atoms with E-state index < -0.39 is 0 Å². The van der Waals surface area contributed by atoms with Crippen LogP contribution in [0.5, 0.6) is 0 Å². The predicted octanol–water partition coefficient (Wildman–Crippen LogP) is 0.709. The molecule has 0 aromatic carbocycles. The quantitative estimate of drug-likeness (QED) is 0.502. The van der Waals surface area contributed by atoms with E-state index in [2.05, 4.69) is 5.32 Å². The fraction of sp³-hybridized carbons (Fsp3) is 0.556. The van der Waals surface area contributed by atoms with Gasteiger partial charge in [0, 0.05) is 11.8 Å². The van der Waals surface area contributed by atoms with Crippen LogP contribution < -0.4 is 5.32 Å². The summed E-state index contributed by atoms with van der Waals surface area (Å²) in [5.41, 5.74) is 0.820. The Balaban J connectivity index is 2.46. The van der Waals surface area contributed by atoms with Crippen LogP contribution in [0.2, 0.25) is 0 Å². The van der Waals surface area contributed by atoms with Crippen molar-refractivity contribution < 1.29 is 9.53 Å². The Morgan fingerprint density at radius 2 is 2.69 bits per heavy atom. The minimum Gasteiger partial charge on any atom is -0.464 e. The van der Waals surface area contributed by atoms with E-state index in [9.17, 15) is 4.79 Å². The van der Waals surface area contributed by atoms with Crippen molar-refractivity contribution >= 4 is 5.97 Å². The smallest absolute Gasteiger partial charge is 0.328 e. The van der Waals surface area contributed by atoms with Crippen LogP contribution in [0.15, 0.2) is 11.8 Å². The van der Waals surface area contributed by atoms with Crippen LogP contribution in [0.3, 0.4) is 0 Å². The fourth-order valence-electron chi connectivity index (χ4n) is 1.28. The molecule has 1 heterocycles. The minimum atomic E-state index is -0.264. The van der Waals surface area contributed by atoms with Gasteiger partial charge in [-0.2, -0.15) is 5.26 Å². The van der Waals surface area contributed by atoms with E-state index in [1.165, 1.54) is 6.08 Å². The normalized spacial score (nSPS) is 23.7. The molecule has 1 fully saturated rings. The van der Waals surface area contributed by atoms with Gasteiger partial charge in [0.25, 0.3) is 0 Å². The van der Waals surface area contributed by atoms with E-state index in [0.717, 1.165) is 12.1 Å². The zero-order valence-electron chi connectivity index (χ0n) is 7.54. The zero-order chi connectivity index (χ0) is 9.68. The first-order valence-corrected chi connectivity index (χ1v) is 4.29. The molecule has 1 rings (SSSR count). The van der Waals surface area contributed by atoms with Gasteiger partial charge in [-0.05, 0) is 19.8 Å². The summed E-state index contributed by atoms with van der Waals surface area (Å²) in [5.74, 6) is -0.233. The number of rotatable bonds is 2. The molecule has 0 radical (unpaired) electrons. The van der Waals surface area contributed by atoms with Crippen molar-refractivity contribution in [1.29, 1.82) is 5.26 Å². The van der Waals surface area contributed by atoms with Crippen molar-refractivity contribution in [2.24, 2.45) is 0 Å². The van der Waals surface area contributed by atoms with Crippen LogP contribution in [-0.2, 0) is 9.53 Å². The number of allylic oxidation sites excluding steroid dienone is 2. The highest BCUT2D eigenvalue weighted by Gasteiger charge is 2.25. The molecule has 1 aliphatic heterocycles. The van der Waals surface area contributed by atoms with E-state index in [4.69, 9.17) is 10.00 Å². The molecule has 4 nitrogen and oxygen atoms in total. The molecule has 0 amide bonds. The molecule has 1 saturated heterocycles. The first-order valence-electron chi connectivity index (χ1n) is 4.29. The molecule has 0 aromatic heterocycles. The first-order chi connectivity index (χ1) is 6.27. The summed E-state index contributed by atoms with van der Waals surface area (Å²) < 4.78 is 4.84. The lowest BCUT2D eigenvalue weighted by atomic mass is 10.2. The van der Waals surface area contributed by atoms with Crippen molar-refractivity contribution in [3.05, 3.63) is 11.8 Å². The number of nitrogens with one attached hydrogen (secondary N) is 1. The monoisotopic (exact) mass is 180 g/mol. The Labute approximate surface area is 77.2 Å². The number of hydrogen-bond acceptors (Lipinski definition) is 4. The Hall–Kier alpha value is -1.50. The van der Waals surface area contributed by atoms with E-state index >= 15 is 0 Å². The molecular weight excluding hydrogens is 168 g/mol. The lowest BCUT2D eigenvalue weighted by molar-refractivity contribution is -0.145. The molecule has 0 spiro atoms. The van der Waals surface area contributed by atoms with Crippen molar-refractivity contribution in [2.45, 2.75) is 25.8 Å². The number of ether oxygens (including phenoxy) is 1. The van der Waals surface area contributed by atoms with Crippen molar-refractivity contribution in [3.8, 4) is 6.07 Å². The summed E-state index contributed by atoms with van der Waals surface area (Å²) in [7, 11) is 0. The van der Waals surface area contributed by atoms with Crippen molar-refractivity contribution in [3.63, 3.8) is 0 Å². The van der Waals surface area contributed by atoms with Crippen LogP contribution >= 0.6 is 0 Å². The second-order valence-electron chi connectivity index (χ2n) is 2.79. The predicted molar refractivity (Wildman–Crippen MR) is 46.5 cm³/mol. The number of carbonyl (C=O) groups excluding carboxylic acids is 1. The first kappa shape index (κ1) is 9.59. The summed E-state index contributed by atoms with van der Waals surface area (Å²) >= 11 is 0. The molecule has 0 aromatic rings. The van der Waals surface area contributed by atoms with Gasteiger partial charge < -0.3 is 10.1 Å². The van der Waals surface area contributed by atoms with Crippen molar-refractivity contribution in [2.75, 3.05) is 6.61 Å². The summed E-state index contributed by atoms with van der Waals surface area (Å²) in [6.45, 7) is 2.17. The zero-order valence-corrected chi connectivity index (χ0v) is 7.54. The second-order valence-corrected chi connectivity index (χ2v) is 2.79. The summed E-state index contributed by atoms with van der Waals surface area (Å²) in [5, 5.41) is 11.3. The van der Waals surface area contributed by atoms with Gasteiger partial charge in [-0.1, -0.05) is 0 Å². The lowest BCUT2D eigenvalue weighted by Crippen LogP contribution is -2.31. The van der Waals surface area contributed by atoms with Gasteiger partial charge in [0.2, 0.25) is 0 Å². The number of hydrogen-bond donors (Lipinski definition) is 1. The van der Waals surface area contributed by atoms with E-state index in [1.807, 2.05) is 6.07 Å². The highest BCUT2D eigenvalue weighted by Crippen LogP contribution is 2.15. The molecule has 13 heavy (non-hydrogen) atoms. The van der Waals surface area contributed by atoms with Gasteiger partial charge in [-0.25, -0.2) is 4.79 Å². The molecule has 70 valence electrons. The SMILES string of the molecule is CCOC(=O)[C@@H]1CCC(=CC#N)N1. The Bertz CT molecular complexity index is 265. The van der Waals surface area contributed by atoms with Crippen LogP contribution in [-0.4, -0.2) is 18.6 Å².